The maximum Gasteiger partial charge on any atom is 0.335 e. The van der Waals surface area contributed by atoms with E-state index in [2.05, 4.69) is 23.5 Å². The Morgan fingerprint density at radius 2 is 1.58 bits per heavy atom. The fourth-order valence-electron chi connectivity index (χ4n) is 3.98. The minimum atomic E-state index is -0.863. The summed E-state index contributed by atoms with van der Waals surface area (Å²) >= 11 is 0. The predicted molar refractivity (Wildman–Crippen MR) is 135 cm³/mol. The first kappa shape index (κ1) is 24.5. The minimum absolute atomic E-state index is 0.0150. The number of anilines is 1. The number of barbiturate groups is 1. The summed E-state index contributed by atoms with van der Waals surface area (Å²) in [5.41, 5.74) is 3.86. The molecule has 36 heavy (non-hydrogen) atoms. The van der Waals surface area contributed by atoms with Crippen molar-refractivity contribution < 1.29 is 29.0 Å². The molecule has 4 amide bonds. The summed E-state index contributed by atoms with van der Waals surface area (Å²) in [5, 5.41) is 11.7. The van der Waals surface area contributed by atoms with E-state index in [1.807, 2.05) is 20.8 Å². The molecule has 1 aliphatic rings. The number of imide groups is 2. The highest BCUT2D eigenvalue weighted by Gasteiger charge is 2.36. The largest absolute Gasteiger partial charge is 0.508 e. The second-order valence-electron chi connectivity index (χ2n) is 8.40. The molecule has 3 aromatic rings. The Morgan fingerprint density at radius 1 is 0.889 bits per heavy atom. The SMILES string of the molecule is CCOc1cc(/C=C2\C(=O)NC(=O)N(c3ccc(O)cc3)C2=O)ccc1OCc1cc(C)cc(C)c1. The van der Waals surface area contributed by atoms with Crippen LogP contribution in [-0.2, 0) is 16.2 Å². The molecule has 1 aliphatic heterocycles. The molecule has 0 spiro atoms. The molecule has 1 heterocycles. The van der Waals surface area contributed by atoms with Crippen molar-refractivity contribution in [1.29, 1.82) is 0 Å². The Kier molecular flexibility index (Phi) is 7.05. The number of rotatable bonds is 7. The van der Waals surface area contributed by atoms with E-state index in [0.29, 0.717) is 30.3 Å². The van der Waals surface area contributed by atoms with Gasteiger partial charge < -0.3 is 14.6 Å². The molecular weight excluding hydrogens is 460 g/mol. The van der Waals surface area contributed by atoms with Crippen LogP contribution in [0.3, 0.4) is 0 Å². The number of nitrogens with zero attached hydrogens (tertiary/aromatic N) is 1. The topological polar surface area (TPSA) is 105 Å². The van der Waals surface area contributed by atoms with E-state index in [4.69, 9.17) is 9.47 Å². The molecule has 0 saturated carbocycles. The highest BCUT2D eigenvalue weighted by atomic mass is 16.5. The van der Waals surface area contributed by atoms with Crippen LogP contribution in [0.15, 0.2) is 66.2 Å². The van der Waals surface area contributed by atoms with Gasteiger partial charge in [-0.15, -0.1) is 0 Å². The number of urea groups is 1. The molecule has 0 unspecified atom stereocenters. The number of phenols is 1. The summed E-state index contributed by atoms with van der Waals surface area (Å²) in [6.07, 6.45) is 1.40. The third-order valence-electron chi connectivity index (χ3n) is 5.46. The lowest BCUT2D eigenvalue weighted by Gasteiger charge is -2.26. The molecule has 4 rings (SSSR count). The van der Waals surface area contributed by atoms with Crippen molar-refractivity contribution in [1.82, 2.24) is 5.32 Å². The van der Waals surface area contributed by atoms with Crippen molar-refractivity contribution in [3.05, 3.63) is 88.5 Å². The quantitative estimate of drug-likeness (QED) is 0.372. The molecule has 1 fully saturated rings. The Morgan fingerprint density at radius 3 is 2.25 bits per heavy atom. The molecular formula is C28H26N2O6. The first-order chi connectivity index (χ1) is 17.2. The van der Waals surface area contributed by atoms with Crippen LogP contribution >= 0.6 is 0 Å². The van der Waals surface area contributed by atoms with Crippen molar-refractivity contribution in [2.45, 2.75) is 27.4 Å². The van der Waals surface area contributed by atoms with Crippen LogP contribution in [0.2, 0.25) is 0 Å². The number of aryl methyl sites for hydroxylation is 2. The summed E-state index contributed by atoms with van der Waals surface area (Å²) in [6, 6.07) is 16.0. The van der Waals surface area contributed by atoms with E-state index in [1.54, 1.807) is 18.2 Å². The molecule has 0 aliphatic carbocycles. The first-order valence-electron chi connectivity index (χ1n) is 11.4. The van der Waals surface area contributed by atoms with Crippen molar-refractivity contribution in [2.24, 2.45) is 0 Å². The lowest BCUT2D eigenvalue weighted by molar-refractivity contribution is -0.122. The third-order valence-corrected chi connectivity index (χ3v) is 5.46. The lowest BCUT2D eigenvalue weighted by Crippen LogP contribution is -2.54. The lowest BCUT2D eigenvalue weighted by atomic mass is 10.1. The molecule has 8 nitrogen and oxygen atoms in total. The molecule has 184 valence electrons. The van der Waals surface area contributed by atoms with Gasteiger partial charge in [-0.1, -0.05) is 35.4 Å². The predicted octanol–water partition coefficient (Wildman–Crippen LogP) is 4.65. The zero-order valence-corrected chi connectivity index (χ0v) is 20.2. The summed E-state index contributed by atoms with van der Waals surface area (Å²) in [4.78, 5) is 38.8. The number of carbonyl (C=O) groups is 3. The van der Waals surface area contributed by atoms with Gasteiger partial charge in [-0.25, -0.2) is 9.69 Å². The minimum Gasteiger partial charge on any atom is -0.508 e. The number of nitrogens with one attached hydrogen (secondary N) is 1. The molecule has 0 radical (unpaired) electrons. The standard InChI is InChI=1S/C28H26N2O6/c1-4-35-25-15-19(5-10-24(25)36-16-20-12-17(2)11-18(3)13-20)14-23-26(32)29-28(34)30(27(23)33)21-6-8-22(31)9-7-21/h5-15,31H,4,16H2,1-3H3,(H,29,32,34)/b23-14+. The van der Waals surface area contributed by atoms with E-state index in [1.165, 1.54) is 30.3 Å². The van der Waals surface area contributed by atoms with Crippen LogP contribution in [0.1, 0.15) is 29.2 Å². The van der Waals surface area contributed by atoms with Crippen molar-refractivity contribution in [2.75, 3.05) is 11.5 Å². The van der Waals surface area contributed by atoms with Gasteiger partial charge in [0.15, 0.2) is 11.5 Å². The molecule has 2 N–H and O–H groups in total. The molecule has 8 heteroatoms. The van der Waals surface area contributed by atoms with Gasteiger partial charge in [0.05, 0.1) is 12.3 Å². The Bertz CT molecular complexity index is 1340. The summed E-state index contributed by atoms with van der Waals surface area (Å²) in [6.45, 7) is 6.65. The fourth-order valence-corrected chi connectivity index (χ4v) is 3.98. The Balaban J connectivity index is 1.61. The monoisotopic (exact) mass is 486 g/mol. The Hall–Kier alpha value is -4.59. The highest BCUT2D eigenvalue weighted by Crippen LogP contribution is 2.31. The maximum absolute atomic E-state index is 13.1. The van der Waals surface area contributed by atoms with Crippen LogP contribution in [-0.4, -0.2) is 29.6 Å². The van der Waals surface area contributed by atoms with E-state index >= 15 is 0 Å². The number of benzene rings is 3. The normalized spacial score (nSPS) is 14.7. The number of carbonyl (C=O) groups excluding carboxylic acids is 3. The van der Waals surface area contributed by atoms with Crippen LogP contribution in [0.5, 0.6) is 17.2 Å². The Labute approximate surface area is 208 Å². The van der Waals surface area contributed by atoms with Gasteiger partial charge in [-0.2, -0.15) is 0 Å². The van der Waals surface area contributed by atoms with Gasteiger partial charge in [-0.3, -0.25) is 14.9 Å². The first-order valence-corrected chi connectivity index (χ1v) is 11.4. The van der Waals surface area contributed by atoms with E-state index in [-0.39, 0.29) is 17.0 Å². The number of hydrogen-bond acceptors (Lipinski definition) is 6. The molecule has 3 aromatic carbocycles. The van der Waals surface area contributed by atoms with Crippen molar-refractivity contribution in [3.63, 3.8) is 0 Å². The third kappa shape index (κ3) is 5.38. The number of aromatic hydroxyl groups is 1. The summed E-state index contributed by atoms with van der Waals surface area (Å²) < 4.78 is 11.8. The molecule has 0 atom stereocenters. The second-order valence-corrected chi connectivity index (χ2v) is 8.40. The second kappa shape index (κ2) is 10.4. The van der Waals surface area contributed by atoms with E-state index in [0.717, 1.165) is 21.6 Å². The fraction of sp³-hybridized carbons (Fsp3) is 0.179. The number of ether oxygens (including phenoxy) is 2. The highest BCUT2D eigenvalue weighted by molar-refractivity contribution is 6.39. The zero-order chi connectivity index (χ0) is 25.8. The summed E-state index contributed by atoms with van der Waals surface area (Å²) in [5.74, 6) is -0.598. The van der Waals surface area contributed by atoms with Gasteiger partial charge in [0.25, 0.3) is 11.8 Å². The number of amides is 4. The maximum atomic E-state index is 13.1. The van der Waals surface area contributed by atoms with Gasteiger partial charge in [0.2, 0.25) is 0 Å². The van der Waals surface area contributed by atoms with Crippen LogP contribution < -0.4 is 19.7 Å². The number of hydrogen-bond donors (Lipinski definition) is 2. The smallest absolute Gasteiger partial charge is 0.335 e. The average Bonchev–Trinajstić information content (AvgIpc) is 2.82. The average molecular weight is 487 g/mol. The molecule has 0 bridgehead atoms. The zero-order valence-electron chi connectivity index (χ0n) is 20.2. The van der Waals surface area contributed by atoms with Gasteiger partial charge in [-0.05, 0) is 74.4 Å². The summed E-state index contributed by atoms with van der Waals surface area (Å²) in [7, 11) is 0. The van der Waals surface area contributed by atoms with E-state index in [9.17, 15) is 19.5 Å². The van der Waals surface area contributed by atoms with Crippen LogP contribution in [0.4, 0.5) is 10.5 Å². The molecule has 0 aromatic heterocycles. The van der Waals surface area contributed by atoms with Crippen LogP contribution in [0.25, 0.3) is 6.08 Å². The van der Waals surface area contributed by atoms with Crippen LogP contribution in [0, 0.1) is 13.8 Å². The van der Waals surface area contributed by atoms with Crippen molar-refractivity contribution in [3.8, 4) is 17.2 Å². The van der Waals surface area contributed by atoms with Gasteiger partial charge >= 0.3 is 6.03 Å². The number of phenolic OH excluding ortho intramolecular Hbond substituents is 1. The van der Waals surface area contributed by atoms with Gasteiger partial charge in [0.1, 0.15) is 17.9 Å². The van der Waals surface area contributed by atoms with Gasteiger partial charge in [0, 0.05) is 0 Å². The molecule has 1 saturated heterocycles. The van der Waals surface area contributed by atoms with Crippen molar-refractivity contribution >= 4 is 29.6 Å². The van der Waals surface area contributed by atoms with E-state index < -0.39 is 17.8 Å².